The lowest BCUT2D eigenvalue weighted by Gasteiger charge is -2.33. The van der Waals surface area contributed by atoms with Crippen LogP contribution < -0.4 is 4.74 Å². The smallest absolute Gasteiger partial charge is 0.162 e. The number of likely N-dealkylation sites (tertiary alicyclic amines) is 1. The molecule has 3 rings (SSSR count). The zero-order valence-electron chi connectivity index (χ0n) is 15.5. The van der Waals surface area contributed by atoms with Gasteiger partial charge in [0.25, 0.3) is 0 Å². The van der Waals surface area contributed by atoms with Gasteiger partial charge in [-0.15, -0.1) is 0 Å². The van der Waals surface area contributed by atoms with E-state index in [0.717, 1.165) is 38.0 Å². The van der Waals surface area contributed by atoms with Gasteiger partial charge < -0.3 is 9.84 Å². The van der Waals surface area contributed by atoms with E-state index < -0.39 is 0 Å². The number of nitrogens with zero attached hydrogens (tertiary/aromatic N) is 2. The molecule has 1 aliphatic heterocycles. The topological polar surface area (TPSA) is 61.4 Å². The number of rotatable bonds is 6. The van der Waals surface area contributed by atoms with Crippen molar-refractivity contribution >= 4 is 0 Å². The van der Waals surface area contributed by atoms with E-state index in [9.17, 15) is 5.11 Å². The summed E-state index contributed by atoms with van der Waals surface area (Å²) in [5, 5.41) is 17.9. The molecule has 1 fully saturated rings. The number of H-pyrrole nitrogens is 1. The van der Waals surface area contributed by atoms with Crippen molar-refractivity contribution in [3.63, 3.8) is 0 Å². The van der Waals surface area contributed by atoms with Gasteiger partial charge in [-0.05, 0) is 43.4 Å². The van der Waals surface area contributed by atoms with E-state index >= 15 is 0 Å². The summed E-state index contributed by atoms with van der Waals surface area (Å²) in [5.41, 5.74) is 3.58. The number of hydrogen-bond acceptors (Lipinski definition) is 4. The summed E-state index contributed by atoms with van der Waals surface area (Å²) >= 11 is 0. The summed E-state index contributed by atoms with van der Waals surface area (Å²) in [5.74, 6) is 1.91. The summed E-state index contributed by atoms with van der Waals surface area (Å²) in [6.07, 6.45) is 5.41. The lowest BCUT2D eigenvalue weighted by molar-refractivity contribution is 0.195. The zero-order chi connectivity index (χ0) is 17.8. The Morgan fingerprint density at radius 2 is 2.20 bits per heavy atom. The third kappa shape index (κ3) is 4.15. The molecule has 0 unspecified atom stereocenters. The molecule has 0 bridgehead atoms. The van der Waals surface area contributed by atoms with Crippen LogP contribution in [-0.2, 0) is 13.0 Å². The van der Waals surface area contributed by atoms with Crippen LogP contribution in [0.2, 0.25) is 0 Å². The maximum atomic E-state index is 10.3. The first-order valence-electron chi connectivity index (χ1n) is 9.17. The SMILES string of the molecule is COc1cccc(CN2CCC[C@@H](c3[nH]ncc3CC(C)C)C2)c1O. The first kappa shape index (κ1) is 17.8. The molecule has 25 heavy (non-hydrogen) atoms. The number of methoxy groups -OCH3 is 1. The first-order valence-corrected chi connectivity index (χ1v) is 9.17. The van der Waals surface area contributed by atoms with E-state index in [-0.39, 0.29) is 5.75 Å². The number of hydrogen-bond donors (Lipinski definition) is 2. The van der Waals surface area contributed by atoms with Gasteiger partial charge in [0.1, 0.15) is 0 Å². The fourth-order valence-corrected chi connectivity index (χ4v) is 3.81. The van der Waals surface area contributed by atoms with Gasteiger partial charge in [0, 0.05) is 30.3 Å². The van der Waals surface area contributed by atoms with Crippen LogP contribution >= 0.6 is 0 Å². The molecule has 1 atom stereocenters. The molecule has 1 aliphatic rings. The summed E-state index contributed by atoms with van der Waals surface area (Å²) in [7, 11) is 1.59. The van der Waals surface area contributed by atoms with Gasteiger partial charge in [0.05, 0.1) is 13.3 Å². The molecule has 0 radical (unpaired) electrons. The summed E-state index contributed by atoms with van der Waals surface area (Å²) < 4.78 is 5.23. The second kappa shape index (κ2) is 7.91. The molecule has 1 aromatic heterocycles. The number of nitrogens with one attached hydrogen (secondary N) is 1. The van der Waals surface area contributed by atoms with Crippen molar-refractivity contribution in [1.82, 2.24) is 15.1 Å². The van der Waals surface area contributed by atoms with Gasteiger partial charge in [-0.3, -0.25) is 10.00 Å². The normalized spacial score (nSPS) is 18.6. The number of ether oxygens (including phenoxy) is 1. The fourth-order valence-electron chi connectivity index (χ4n) is 3.81. The number of para-hydroxylation sites is 1. The lowest BCUT2D eigenvalue weighted by Crippen LogP contribution is -2.34. The van der Waals surface area contributed by atoms with Crippen molar-refractivity contribution in [3.8, 4) is 11.5 Å². The van der Waals surface area contributed by atoms with Crippen LogP contribution in [0, 0.1) is 5.92 Å². The Morgan fingerprint density at radius 1 is 1.36 bits per heavy atom. The van der Waals surface area contributed by atoms with E-state index in [1.807, 2.05) is 18.3 Å². The van der Waals surface area contributed by atoms with E-state index in [1.54, 1.807) is 13.2 Å². The van der Waals surface area contributed by atoms with Crippen molar-refractivity contribution in [2.24, 2.45) is 5.92 Å². The molecule has 5 heteroatoms. The zero-order valence-corrected chi connectivity index (χ0v) is 15.5. The molecule has 2 aromatic rings. The van der Waals surface area contributed by atoms with Crippen LogP contribution in [0.5, 0.6) is 11.5 Å². The van der Waals surface area contributed by atoms with Crippen molar-refractivity contribution in [3.05, 3.63) is 41.2 Å². The van der Waals surface area contributed by atoms with Crippen LogP contribution in [0.4, 0.5) is 0 Å². The number of piperidine rings is 1. The third-order valence-electron chi connectivity index (χ3n) is 4.99. The Balaban J connectivity index is 1.71. The Morgan fingerprint density at radius 3 is 2.96 bits per heavy atom. The third-order valence-corrected chi connectivity index (χ3v) is 4.99. The summed E-state index contributed by atoms with van der Waals surface area (Å²) in [6.45, 7) is 7.28. The van der Waals surface area contributed by atoms with Gasteiger partial charge in [-0.2, -0.15) is 5.10 Å². The monoisotopic (exact) mass is 343 g/mol. The van der Waals surface area contributed by atoms with Crippen molar-refractivity contribution in [2.75, 3.05) is 20.2 Å². The molecular weight excluding hydrogens is 314 g/mol. The maximum Gasteiger partial charge on any atom is 0.162 e. The predicted molar refractivity (Wildman–Crippen MR) is 99.0 cm³/mol. The quantitative estimate of drug-likeness (QED) is 0.839. The number of aromatic nitrogens is 2. The largest absolute Gasteiger partial charge is 0.504 e. The molecule has 0 aliphatic carbocycles. The highest BCUT2D eigenvalue weighted by molar-refractivity contribution is 5.45. The van der Waals surface area contributed by atoms with E-state index in [4.69, 9.17) is 4.74 Å². The maximum absolute atomic E-state index is 10.3. The molecule has 5 nitrogen and oxygen atoms in total. The van der Waals surface area contributed by atoms with Crippen LogP contribution in [0.15, 0.2) is 24.4 Å². The Hall–Kier alpha value is -2.01. The lowest BCUT2D eigenvalue weighted by atomic mass is 9.90. The molecule has 2 N–H and O–H groups in total. The highest BCUT2D eigenvalue weighted by atomic mass is 16.5. The highest BCUT2D eigenvalue weighted by Crippen LogP contribution is 2.33. The van der Waals surface area contributed by atoms with Crippen LogP contribution in [-0.4, -0.2) is 40.4 Å². The van der Waals surface area contributed by atoms with E-state index in [1.165, 1.54) is 17.7 Å². The minimum atomic E-state index is 0.258. The number of aromatic hydroxyl groups is 1. The van der Waals surface area contributed by atoms with Crippen molar-refractivity contribution < 1.29 is 9.84 Å². The second-order valence-corrected chi connectivity index (χ2v) is 7.45. The van der Waals surface area contributed by atoms with Gasteiger partial charge in [-0.1, -0.05) is 26.0 Å². The number of aromatic amines is 1. The minimum Gasteiger partial charge on any atom is -0.504 e. The molecule has 1 aromatic carbocycles. The number of phenolic OH excluding ortho intramolecular Hbond substituents is 1. The van der Waals surface area contributed by atoms with Crippen LogP contribution in [0.25, 0.3) is 0 Å². The van der Waals surface area contributed by atoms with Gasteiger partial charge in [0.2, 0.25) is 0 Å². The molecule has 0 saturated carbocycles. The Bertz CT molecular complexity index is 696. The van der Waals surface area contributed by atoms with E-state index in [2.05, 4.69) is 28.9 Å². The molecule has 1 saturated heterocycles. The van der Waals surface area contributed by atoms with Crippen LogP contribution in [0.3, 0.4) is 0 Å². The molecule has 136 valence electrons. The molecule has 0 spiro atoms. The van der Waals surface area contributed by atoms with E-state index in [0.29, 0.717) is 17.6 Å². The first-order chi connectivity index (χ1) is 12.1. The summed E-state index contributed by atoms with van der Waals surface area (Å²) in [6, 6.07) is 5.70. The molecule has 2 heterocycles. The highest BCUT2D eigenvalue weighted by Gasteiger charge is 2.25. The number of benzene rings is 1. The van der Waals surface area contributed by atoms with Gasteiger partial charge in [-0.25, -0.2) is 0 Å². The standard InChI is InChI=1S/C20H29N3O2/c1-14(2)10-17-11-21-22-19(17)15-7-5-9-23(12-15)13-16-6-4-8-18(25-3)20(16)24/h4,6,8,11,14-15,24H,5,7,9-10,12-13H2,1-3H3,(H,21,22)/t15-/m1/s1. The number of phenols is 1. The average Bonchev–Trinajstić information content (AvgIpc) is 3.04. The predicted octanol–water partition coefficient (Wildman–Crippen LogP) is 3.70. The minimum absolute atomic E-state index is 0.258. The Kier molecular flexibility index (Phi) is 5.63. The Labute approximate surface area is 150 Å². The van der Waals surface area contributed by atoms with Crippen LogP contribution in [0.1, 0.15) is 49.4 Å². The molecular formula is C20H29N3O2. The van der Waals surface area contributed by atoms with Crippen molar-refractivity contribution in [1.29, 1.82) is 0 Å². The average molecular weight is 343 g/mol. The summed E-state index contributed by atoms with van der Waals surface area (Å²) in [4.78, 5) is 2.42. The van der Waals surface area contributed by atoms with Crippen molar-refractivity contribution in [2.45, 2.75) is 45.6 Å². The fraction of sp³-hybridized carbons (Fsp3) is 0.550. The second-order valence-electron chi connectivity index (χ2n) is 7.45. The van der Waals surface area contributed by atoms with Gasteiger partial charge >= 0.3 is 0 Å². The van der Waals surface area contributed by atoms with Gasteiger partial charge in [0.15, 0.2) is 11.5 Å². The molecule has 0 amide bonds.